The summed E-state index contributed by atoms with van der Waals surface area (Å²) >= 11 is 0. The van der Waals surface area contributed by atoms with Crippen LogP contribution in [-0.2, 0) is 17.6 Å². The molecule has 0 aliphatic carbocycles. The van der Waals surface area contributed by atoms with Gasteiger partial charge in [-0.15, -0.1) is 0 Å². The Labute approximate surface area is 186 Å². The molecule has 9 nitrogen and oxygen atoms in total. The van der Waals surface area contributed by atoms with Crippen LogP contribution in [0.15, 0.2) is 41.1 Å². The van der Waals surface area contributed by atoms with E-state index in [0.717, 1.165) is 24.1 Å². The lowest BCUT2D eigenvalue weighted by Crippen LogP contribution is -2.40. The molecule has 0 radical (unpaired) electrons. The minimum Gasteiger partial charge on any atom is -0.443 e. The van der Waals surface area contributed by atoms with Crippen LogP contribution in [0.2, 0.25) is 0 Å². The molecule has 168 valence electrons. The number of para-hydroxylation sites is 1. The minimum atomic E-state index is -0.570. The van der Waals surface area contributed by atoms with E-state index in [4.69, 9.17) is 14.1 Å². The Kier molecular flexibility index (Phi) is 5.98. The molecule has 1 aliphatic heterocycles. The van der Waals surface area contributed by atoms with Gasteiger partial charge in [-0.25, -0.2) is 19.6 Å². The number of fused-ring (bicyclic) bond motifs is 2. The maximum absolute atomic E-state index is 12.6. The molecule has 2 aromatic heterocycles. The van der Waals surface area contributed by atoms with Gasteiger partial charge in [-0.05, 0) is 57.4 Å². The normalized spacial score (nSPS) is 13.5. The third kappa shape index (κ3) is 4.99. The van der Waals surface area contributed by atoms with Gasteiger partial charge in [0.05, 0.1) is 5.69 Å². The smallest absolute Gasteiger partial charge is 0.416 e. The fourth-order valence-electron chi connectivity index (χ4n) is 3.57. The number of hydrogen-bond acceptors (Lipinski definition) is 6. The van der Waals surface area contributed by atoms with Gasteiger partial charge in [-0.2, -0.15) is 0 Å². The lowest BCUT2D eigenvalue weighted by molar-refractivity contribution is 0.0576. The van der Waals surface area contributed by atoms with Crippen LogP contribution in [0.3, 0.4) is 0 Å². The quantitative estimate of drug-likeness (QED) is 0.631. The standard InChI is InChI=1S/C23H27N5O4/c1-23(2,3)32-22(30)28-13-5-6-15-9-10-16(26-20(15)28)11-12-24-21(29)27-17-7-4-8-18-19(17)25-14-31-18/h4,7-10,14H,5-6,11-13H2,1-3H3,(H2,24,27,29). The number of carbonyl (C=O) groups is 2. The second-order valence-corrected chi connectivity index (χ2v) is 8.66. The first kappa shape index (κ1) is 21.6. The van der Waals surface area contributed by atoms with Gasteiger partial charge in [0.25, 0.3) is 0 Å². The van der Waals surface area contributed by atoms with Crippen molar-refractivity contribution in [2.75, 3.05) is 23.3 Å². The van der Waals surface area contributed by atoms with Crippen LogP contribution in [0.5, 0.6) is 0 Å². The molecule has 3 amide bonds. The van der Waals surface area contributed by atoms with E-state index >= 15 is 0 Å². The number of amides is 3. The molecule has 9 heteroatoms. The topological polar surface area (TPSA) is 110 Å². The van der Waals surface area contributed by atoms with Gasteiger partial charge in [-0.1, -0.05) is 12.1 Å². The lowest BCUT2D eigenvalue weighted by atomic mass is 10.0. The molecule has 4 rings (SSSR count). The third-order valence-electron chi connectivity index (χ3n) is 4.99. The summed E-state index contributed by atoms with van der Waals surface area (Å²) in [5.74, 6) is 0.644. The van der Waals surface area contributed by atoms with E-state index in [0.29, 0.717) is 42.1 Å². The number of anilines is 2. The first-order chi connectivity index (χ1) is 15.3. The molecular weight excluding hydrogens is 410 g/mol. The van der Waals surface area contributed by atoms with E-state index in [1.54, 1.807) is 23.1 Å². The number of nitrogens with zero attached hydrogens (tertiary/aromatic N) is 3. The molecule has 0 atom stereocenters. The molecule has 2 N–H and O–H groups in total. The number of ether oxygens (including phenoxy) is 1. The van der Waals surface area contributed by atoms with Gasteiger partial charge >= 0.3 is 12.1 Å². The molecule has 1 aliphatic rings. The van der Waals surface area contributed by atoms with Gasteiger partial charge in [0.2, 0.25) is 0 Å². The Morgan fingerprint density at radius 3 is 2.88 bits per heavy atom. The third-order valence-corrected chi connectivity index (χ3v) is 4.99. The zero-order valence-corrected chi connectivity index (χ0v) is 18.5. The van der Waals surface area contributed by atoms with E-state index < -0.39 is 5.60 Å². The highest BCUT2D eigenvalue weighted by molar-refractivity contribution is 5.98. The van der Waals surface area contributed by atoms with Gasteiger partial charge in [-0.3, -0.25) is 4.90 Å². The number of benzene rings is 1. The number of aromatic nitrogens is 2. The summed E-state index contributed by atoms with van der Waals surface area (Å²) in [6.45, 7) is 6.50. The van der Waals surface area contributed by atoms with Crippen molar-refractivity contribution in [2.24, 2.45) is 0 Å². The Balaban J connectivity index is 1.37. The molecule has 0 unspecified atom stereocenters. The Hall–Kier alpha value is -3.62. The van der Waals surface area contributed by atoms with E-state index in [2.05, 4.69) is 15.6 Å². The first-order valence-electron chi connectivity index (χ1n) is 10.7. The number of urea groups is 1. The van der Waals surface area contributed by atoms with Crippen LogP contribution in [-0.4, -0.2) is 40.8 Å². The zero-order chi connectivity index (χ0) is 22.7. The van der Waals surface area contributed by atoms with Crippen LogP contribution < -0.4 is 15.5 Å². The van der Waals surface area contributed by atoms with E-state index in [1.165, 1.54) is 6.39 Å². The average molecular weight is 438 g/mol. The predicted molar refractivity (Wildman–Crippen MR) is 121 cm³/mol. The van der Waals surface area contributed by atoms with Crippen molar-refractivity contribution in [1.29, 1.82) is 0 Å². The highest BCUT2D eigenvalue weighted by Gasteiger charge is 2.28. The highest BCUT2D eigenvalue weighted by Crippen LogP contribution is 2.27. The number of aryl methyl sites for hydroxylation is 1. The number of nitrogens with one attached hydrogen (secondary N) is 2. The molecule has 0 fully saturated rings. The van der Waals surface area contributed by atoms with Gasteiger partial charge in [0.1, 0.15) is 16.9 Å². The number of carbonyl (C=O) groups excluding carboxylic acids is 2. The monoisotopic (exact) mass is 437 g/mol. The number of hydrogen-bond donors (Lipinski definition) is 2. The van der Waals surface area contributed by atoms with Crippen LogP contribution in [0.1, 0.15) is 38.4 Å². The SMILES string of the molecule is CC(C)(C)OC(=O)N1CCCc2ccc(CCNC(=O)Nc3cccc4ocnc34)nc21. The van der Waals surface area contributed by atoms with Crippen LogP contribution >= 0.6 is 0 Å². The summed E-state index contributed by atoms with van der Waals surface area (Å²) in [7, 11) is 0. The van der Waals surface area contributed by atoms with E-state index in [-0.39, 0.29) is 12.1 Å². The molecule has 1 aromatic carbocycles. The summed E-state index contributed by atoms with van der Waals surface area (Å²) in [5.41, 5.74) is 3.03. The summed E-state index contributed by atoms with van der Waals surface area (Å²) < 4.78 is 10.8. The average Bonchev–Trinajstić information content (AvgIpc) is 3.22. The zero-order valence-electron chi connectivity index (χ0n) is 18.5. The number of oxazole rings is 1. The van der Waals surface area contributed by atoms with E-state index in [9.17, 15) is 9.59 Å². The fourth-order valence-corrected chi connectivity index (χ4v) is 3.57. The molecule has 32 heavy (non-hydrogen) atoms. The van der Waals surface area contributed by atoms with Crippen LogP contribution in [0, 0.1) is 0 Å². The second-order valence-electron chi connectivity index (χ2n) is 8.66. The Morgan fingerprint density at radius 2 is 2.06 bits per heavy atom. The summed E-state index contributed by atoms with van der Waals surface area (Å²) in [6, 6.07) is 8.94. The van der Waals surface area contributed by atoms with Crippen molar-refractivity contribution in [1.82, 2.24) is 15.3 Å². The van der Waals surface area contributed by atoms with Gasteiger partial charge in [0, 0.05) is 25.2 Å². The predicted octanol–water partition coefficient (Wildman–Crippen LogP) is 4.27. The summed E-state index contributed by atoms with van der Waals surface area (Å²) in [5, 5.41) is 5.62. The van der Waals surface area contributed by atoms with Crippen LogP contribution in [0.25, 0.3) is 11.1 Å². The van der Waals surface area contributed by atoms with Crippen molar-refractivity contribution in [3.8, 4) is 0 Å². The highest BCUT2D eigenvalue weighted by atomic mass is 16.6. The molecular formula is C23H27N5O4. The van der Waals surface area contributed by atoms with Gasteiger partial charge in [0.15, 0.2) is 12.0 Å². The fraction of sp³-hybridized carbons (Fsp3) is 0.391. The van der Waals surface area contributed by atoms with Crippen LogP contribution in [0.4, 0.5) is 21.1 Å². The Morgan fingerprint density at radius 1 is 1.22 bits per heavy atom. The largest absolute Gasteiger partial charge is 0.443 e. The number of pyridine rings is 1. The van der Waals surface area contributed by atoms with Crippen molar-refractivity contribution < 1.29 is 18.7 Å². The lowest BCUT2D eigenvalue weighted by Gasteiger charge is -2.31. The second kappa shape index (κ2) is 8.86. The minimum absolute atomic E-state index is 0.339. The molecule has 3 aromatic rings. The van der Waals surface area contributed by atoms with Gasteiger partial charge < -0.3 is 19.8 Å². The van der Waals surface area contributed by atoms with Crippen molar-refractivity contribution >= 4 is 34.7 Å². The van der Waals surface area contributed by atoms with Crippen molar-refractivity contribution in [3.05, 3.63) is 48.0 Å². The molecule has 0 saturated carbocycles. The van der Waals surface area contributed by atoms with Crippen molar-refractivity contribution in [2.45, 2.75) is 45.6 Å². The molecule has 0 spiro atoms. The molecule has 0 saturated heterocycles. The number of rotatable bonds is 4. The summed E-state index contributed by atoms with van der Waals surface area (Å²) in [6.07, 6.45) is 3.22. The Bertz CT molecular complexity index is 1130. The first-order valence-corrected chi connectivity index (χ1v) is 10.7. The van der Waals surface area contributed by atoms with E-state index in [1.807, 2.05) is 32.9 Å². The maximum Gasteiger partial charge on any atom is 0.416 e. The maximum atomic E-state index is 12.6. The van der Waals surface area contributed by atoms with Crippen molar-refractivity contribution in [3.63, 3.8) is 0 Å². The molecule has 3 heterocycles. The summed E-state index contributed by atoms with van der Waals surface area (Å²) in [4.78, 5) is 35.3. The molecule has 0 bridgehead atoms.